The van der Waals surface area contributed by atoms with E-state index < -0.39 is 15.8 Å². The molecule has 0 atom stereocenters. The number of imidazole rings is 1. The van der Waals surface area contributed by atoms with Gasteiger partial charge in [0.05, 0.1) is 17.1 Å². The number of hydrogen-bond acceptors (Lipinski definition) is 3. The second kappa shape index (κ2) is 5.62. The first-order valence-corrected chi connectivity index (χ1v) is 10.2. The van der Waals surface area contributed by atoms with Crippen molar-refractivity contribution in [3.8, 4) is 0 Å². The average molecular weight is 371 g/mol. The second-order valence-corrected chi connectivity index (χ2v) is 8.92. The zero-order chi connectivity index (χ0) is 17.9. The Kier molecular flexibility index (Phi) is 3.45. The molecule has 2 aliphatic rings. The number of benzene rings is 2. The van der Waals surface area contributed by atoms with Gasteiger partial charge < -0.3 is 4.57 Å². The molecule has 2 fully saturated rings. The van der Waals surface area contributed by atoms with Crippen LogP contribution in [-0.2, 0) is 10.0 Å². The Morgan fingerprint density at radius 3 is 2.42 bits per heavy atom. The summed E-state index contributed by atoms with van der Waals surface area (Å²) in [5, 5.41) is 0. The topological polar surface area (TPSA) is 55.2 Å². The Morgan fingerprint density at radius 2 is 1.69 bits per heavy atom. The molecule has 0 unspecified atom stereocenters. The van der Waals surface area contributed by atoms with Crippen LogP contribution in [0.5, 0.6) is 0 Å². The number of nitrogens with zero attached hydrogens (tertiary/aromatic N) is 3. The van der Waals surface area contributed by atoms with E-state index in [1.807, 2.05) is 24.3 Å². The molecule has 1 aliphatic heterocycles. The number of fused-ring (bicyclic) bond motifs is 1. The second-order valence-electron chi connectivity index (χ2n) is 7.01. The van der Waals surface area contributed by atoms with Gasteiger partial charge in [-0.25, -0.2) is 17.8 Å². The lowest BCUT2D eigenvalue weighted by molar-refractivity contribution is 0.204. The van der Waals surface area contributed by atoms with Gasteiger partial charge in [-0.05, 0) is 37.1 Å². The summed E-state index contributed by atoms with van der Waals surface area (Å²) >= 11 is 0. The number of para-hydroxylation sites is 2. The summed E-state index contributed by atoms with van der Waals surface area (Å²) in [4.78, 5) is 4.52. The largest absolute Gasteiger partial charge is 0.322 e. The van der Waals surface area contributed by atoms with Crippen molar-refractivity contribution in [2.75, 3.05) is 13.1 Å². The summed E-state index contributed by atoms with van der Waals surface area (Å²) in [6.45, 7) is 0.688. The minimum atomic E-state index is -3.80. The molecular weight excluding hydrogens is 353 g/mol. The van der Waals surface area contributed by atoms with Crippen molar-refractivity contribution < 1.29 is 12.8 Å². The highest BCUT2D eigenvalue weighted by Crippen LogP contribution is 2.43. The third-order valence-corrected chi connectivity index (χ3v) is 7.08. The predicted molar refractivity (Wildman–Crippen MR) is 95.9 cm³/mol. The summed E-state index contributed by atoms with van der Waals surface area (Å²) in [6, 6.07) is 13.5. The van der Waals surface area contributed by atoms with Gasteiger partial charge in [-0.3, -0.25) is 0 Å². The summed E-state index contributed by atoms with van der Waals surface area (Å²) < 4.78 is 42.9. The van der Waals surface area contributed by atoms with Gasteiger partial charge >= 0.3 is 0 Å². The standard InChI is InChI=1S/C19H18FN3O2S/c20-15-5-1-4-8-18(15)26(24,25)22-11-14(12-22)23-17-7-3-2-6-16(17)21-19(23)13-9-10-13/h1-8,13-14H,9-12H2. The molecular formula is C19H18FN3O2S. The molecule has 0 amide bonds. The van der Waals surface area contributed by atoms with Crippen LogP contribution >= 0.6 is 0 Å². The fraction of sp³-hybridized carbons (Fsp3) is 0.316. The Labute approximate surface area is 151 Å². The molecule has 0 radical (unpaired) electrons. The minimum absolute atomic E-state index is 0.0412. The van der Waals surface area contributed by atoms with Crippen molar-refractivity contribution in [3.05, 3.63) is 60.2 Å². The SMILES string of the molecule is O=S(=O)(c1ccccc1F)N1CC(n2c(C3CC3)nc3ccccc32)C1. The molecule has 0 N–H and O–H groups in total. The van der Waals surface area contributed by atoms with Crippen LogP contribution in [0.4, 0.5) is 4.39 Å². The number of hydrogen-bond donors (Lipinski definition) is 0. The molecule has 26 heavy (non-hydrogen) atoms. The maximum Gasteiger partial charge on any atom is 0.246 e. The third kappa shape index (κ3) is 2.38. The van der Waals surface area contributed by atoms with Crippen molar-refractivity contribution in [1.29, 1.82) is 0 Å². The predicted octanol–water partition coefficient (Wildman–Crippen LogP) is 3.30. The first-order valence-electron chi connectivity index (χ1n) is 8.77. The highest BCUT2D eigenvalue weighted by atomic mass is 32.2. The summed E-state index contributed by atoms with van der Waals surface area (Å²) in [7, 11) is -3.80. The van der Waals surface area contributed by atoms with Gasteiger partial charge in [0.1, 0.15) is 16.5 Å². The Morgan fingerprint density at radius 1 is 1.00 bits per heavy atom. The molecule has 5 rings (SSSR count). The van der Waals surface area contributed by atoms with Crippen LogP contribution in [-0.4, -0.2) is 35.4 Å². The van der Waals surface area contributed by atoms with Gasteiger partial charge in [-0.2, -0.15) is 4.31 Å². The normalized spacial score (nSPS) is 19.0. The van der Waals surface area contributed by atoms with E-state index in [1.54, 1.807) is 6.07 Å². The molecule has 0 bridgehead atoms. The van der Waals surface area contributed by atoms with Gasteiger partial charge in [0.25, 0.3) is 0 Å². The number of halogens is 1. The first kappa shape index (κ1) is 16.0. The molecule has 1 aromatic heterocycles. The summed E-state index contributed by atoms with van der Waals surface area (Å²) in [5.74, 6) is 0.821. The van der Waals surface area contributed by atoms with Gasteiger partial charge in [-0.1, -0.05) is 24.3 Å². The molecule has 2 aromatic carbocycles. The lowest BCUT2D eigenvalue weighted by Crippen LogP contribution is -2.51. The van der Waals surface area contributed by atoms with E-state index in [0.29, 0.717) is 19.0 Å². The van der Waals surface area contributed by atoms with Crippen LogP contribution in [0.3, 0.4) is 0 Å². The molecule has 2 heterocycles. The van der Waals surface area contributed by atoms with Crippen molar-refractivity contribution >= 4 is 21.1 Å². The molecule has 1 saturated heterocycles. The lowest BCUT2D eigenvalue weighted by atomic mass is 10.1. The smallest absolute Gasteiger partial charge is 0.246 e. The third-order valence-electron chi connectivity index (χ3n) is 5.21. The fourth-order valence-electron chi connectivity index (χ4n) is 3.65. The molecule has 3 aromatic rings. The van der Waals surface area contributed by atoms with Crippen LogP contribution in [0, 0.1) is 5.82 Å². The van der Waals surface area contributed by atoms with Gasteiger partial charge in [0.15, 0.2) is 0 Å². The van der Waals surface area contributed by atoms with Crippen LogP contribution in [0.15, 0.2) is 53.4 Å². The first-order chi connectivity index (χ1) is 12.6. The number of sulfonamides is 1. The van der Waals surface area contributed by atoms with Crippen LogP contribution < -0.4 is 0 Å². The highest BCUT2D eigenvalue weighted by Gasteiger charge is 2.41. The Bertz CT molecular complexity index is 1100. The van der Waals surface area contributed by atoms with E-state index in [2.05, 4.69) is 4.57 Å². The maximum atomic E-state index is 13.9. The monoisotopic (exact) mass is 371 g/mol. The van der Waals surface area contributed by atoms with Gasteiger partial charge in [0, 0.05) is 19.0 Å². The van der Waals surface area contributed by atoms with Crippen LogP contribution in [0.25, 0.3) is 11.0 Å². The fourth-order valence-corrected chi connectivity index (χ4v) is 5.23. The van der Waals surface area contributed by atoms with Crippen LogP contribution in [0.1, 0.15) is 30.6 Å². The van der Waals surface area contributed by atoms with E-state index in [9.17, 15) is 12.8 Å². The van der Waals surface area contributed by atoms with E-state index >= 15 is 0 Å². The zero-order valence-corrected chi connectivity index (χ0v) is 14.9. The zero-order valence-electron chi connectivity index (χ0n) is 14.0. The number of aromatic nitrogens is 2. The van der Waals surface area contributed by atoms with Crippen molar-refractivity contribution in [2.24, 2.45) is 0 Å². The van der Waals surface area contributed by atoms with Crippen LogP contribution in [0.2, 0.25) is 0 Å². The summed E-state index contributed by atoms with van der Waals surface area (Å²) in [6.07, 6.45) is 2.26. The van der Waals surface area contributed by atoms with Crippen molar-refractivity contribution in [3.63, 3.8) is 0 Å². The van der Waals surface area contributed by atoms with E-state index in [1.165, 1.54) is 22.5 Å². The minimum Gasteiger partial charge on any atom is -0.322 e. The van der Waals surface area contributed by atoms with Crippen molar-refractivity contribution in [2.45, 2.75) is 29.7 Å². The van der Waals surface area contributed by atoms with E-state index in [0.717, 1.165) is 29.7 Å². The van der Waals surface area contributed by atoms with E-state index in [-0.39, 0.29) is 10.9 Å². The molecule has 5 nitrogen and oxygen atoms in total. The summed E-state index contributed by atoms with van der Waals surface area (Å²) in [5.41, 5.74) is 1.99. The van der Waals surface area contributed by atoms with Gasteiger partial charge in [0.2, 0.25) is 10.0 Å². The lowest BCUT2D eigenvalue weighted by Gasteiger charge is -2.39. The maximum absolute atomic E-state index is 13.9. The Balaban J connectivity index is 1.47. The molecule has 1 aliphatic carbocycles. The molecule has 134 valence electrons. The quantitative estimate of drug-likeness (QED) is 0.707. The van der Waals surface area contributed by atoms with E-state index in [4.69, 9.17) is 4.98 Å². The average Bonchev–Trinajstić information content (AvgIpc) is 3.36. The Hall–Kier alpha value is -2.25. The van der Waals surface area contributed by atoms with Gasteiger partial charge in [-0.15, -0.1) is 0 Å². The molecule has 1 saturated carbocycles. The number of rotatable bonds is 4. The molecule has 7 heteroatoms. The highest BCUT2D eigenvalue weighted by molar-refractivity contribution is 7.89. The van der Waals surface area contributed by atoms with Crippen molar-refractivity contribution in [1.82, 2.24) is 13.9 Å². The molecule has 0 spiro atoms.